The van der Waals surface area contributed by atoms with Gasteiger partial charge in [0.15, 0.2) is 0 Å². The van der Waals surface area contributed by atoms with E-state index in [1.807, 2.05) is 32.0 Å². The molecule has 22 heavy (non-hydrogen) atoms. The summed E-state index contributed by atoms with van der Waals surface area (Å²) in [7, 11) is 0. The first-order valence-electron chi connectivity index (χ1n) is 8.41. The van der Waals surface area contributed by atoms with Crippen LogP contribution in [0.1, 0.15) is 58.4 Å². The Morgan fingerprint density at radius 2 is 2.05 bits per heavy atom. The number of amides is 1. The van der Waals surface area contributed by atoms with Crippen molar-refractivity contribution < 1.29 is 9.53 Å². The van der Waals surface area contributed by atoms with Crippen LogP contribution in [0.2, 0.25) is 0 Å². The number of unbranched alkanes of at least 4 members (excludes halogenated alkanes) is 1. The molecular weight excluding hydrogens is 276 g/mol. The minimum absolute atomic E-state index is 0.0239. The van der Waals surface area contributed by atoms with Gasteiger partial charge in [0.05, 0.1) is 12.3 Å². The summed E-state index contributed by atoms with van der Waals surface area (Å²) >= 11 is 0. The van der Waals surface area contributed by atoms with Gasteiger partial charge in [-0.3, -0.25) is 4.79 Å². The maximum atomic E-state index is 11.8. The molecule has 4 nitrogen and oxygen atoms in total. The number of carbonyl (C=O) groups is 1. The van der Waals surface area contributed by atoms with Crippen LogP contribution in [0.5, 0.6) is 5.75 Å². The molecule has 0 aliphatic carbocycles. The Bertz CT molecular complexity index is 460. The van der Waals surface area contributed by atoms with Crippen molar-refractivity contribution in [1.82, 2.24) is 0 Å². The molecule has 0 saturated carbocycles. The van der Waals surface area contributed by atoms with Gasteiger partial charge < -0.3 is 15.8 Å². The first-order chi connectivity index (χ1) is 10.6. The predicted octanol–water partition coefficient (Wildman–Crippen LogP) is 3.88. The lowest BCUT2D eigenvalue weighted by Gasteiger charge is -2.15. The highest BCUT2D eigenvalue weighted by Crippen LogP contribution is 2.27. The van der Waals surface area contributed by atoms with Crippen LogP contribution in [0.25, 0.3) is 0 Å². The highest BCUT2D eigenvalue weighted by molar-refractivity contribution is 5.92. The van der Waals surface area contributed by atoms with Gasteiger partial charge in [0.25, 0.3) is 0 Å². The summed E-state index contributed by atoms with van der Waals surface area (Å²) in [4.78, 5) is 11.8. The zero-order chi connectivity index (χ0) is 16.4. The van der Waals surface area contributed by atoms with E-state index < -0.39 is 0 Å². The van der Waals surface area contributed by atoms with Crippen LogP contribution in [0.3, 0.4) is 0 Å². The van der Waals surface area contributed by atoms with Crippen molar-refractivity contribution >= 4 is 11.6 Å². The van der Waals surface area contributed by atoms with Gasteiger partial charge in [-0.25, -0.2) is 0 Å². The third kappa shape index (κ3) is 6.48. The number of anilines is 1. The van der Waals surface area contributed by atoms with E-state index in [2.05, 4.69) is 12.2 Å². The van der Waals surface area contributed by atoms with Gasteiger partial charge in [-0.1, -0.05) is 32.8 Å². The van der Waals surface area contributed by atoms with Crippen molar-refractivity contribution in [3.8, 4) is 5.75 Å². The second-order valence-electron chi connectivity index (χ2n) is 5.67. The molecule has 0 heterocycles. The zero-order valence-corrected chi connectivity index (χ0v) is 14.2. The van der Waals surface area contributed by atoms with Crippen molar-refractivity contribution in [1.29, 1.82) is 0 Å². The van der Waals surface area contributed by atoms with Gasteiger partial charge >= 0.3 is 0 Å². The molecule has 3 N–H and O–H groups in total. The molecule has 1 unspecified atom stereocenters. The summed E-state index contributed by atoms with van der Waals surface area (Å²) < 4.78 is 5.66. The molecule has 1 atom stereocenters. The average molecular weight is 306 g/mol. The normalized spacial score (nSPS) is 12.0. The Hall–Kier alpha value is -1.55. The van der Waals surface area contributed by atoms with E-state index in [4.69, 9.17) is 10.5 Å². The molecule has 0 saturated heterocycles. The fraction of sp³-hybridized carbons (Fsp3) is 0.611. The summed E-state index contributed by atoms with van der Waals surface area (Å²) in [5.41, 5.74) is 8.06. The van der Waals surface area contributed by atoms with Gasteiger partial charge in [-0.05, 0) is 43.9 Å². The molecule has 1 aromatic rings. The Labute approximate surface area is 134 Å². The van der Waals surface area contributed by atoms with Crippen LogP contribution in [-0.4, -0.2) is 18.6 Å². The summed E-state index contributed by atoms with van der Waals surface area (Å²) in [6.07, 6.45) is 5.55. The third-order valence-electron chi connectivity index (χ3n) is 3.52. The minimum atomic E-state index is 0.0239. The molecular formula is C18H30N2O2. The van der Waals surface area contributed by atoms with Crippen LogP contribution in [0.4, 0.5) is 5.69 Å². The van der Waals surface area contributed by atoms with E-state index >= 15 is 0 Å². The number of benzene rings is 1. The third-order valence-corrected chi connectivity index (χ3v) is 3.52. The molecule has 0 fully saturated rings. The lowest BCUT2D eigenvalue weighted by atomic mass is 10.0. The van der Waals surface area contributed by atoms with Crippen molar-refractivity contribution in [2.75, 3.05) is 11.9 Å². The van der Waals surface area contributed by atoms with Crippen LogP contribution in [0, 0.1) is 0 Å². The number of ether oxygens (including phenoxy) is 1. The van der Waals surface area contributed by atoms with E-state index in [0.717, 1.165) is 42.7 Å². The monoisotopic (exact) mass is 306 g/mol. The minimum Gasteiger partial charge on any atom is -0.492 e. The SMILES string of the molecule is CCCCC(N)Cc1ccc(NC(=O)CCC)c(OCC)c1. The standard InChI is InChI=1S/C18H30N2O2/c1-4-7-9-15(19)12-14-10-11-16(17(13-14)22-6-3)20-18(21)8-5-2/h10-11,13,15H,4-9,12,19H2,1-3H3,(H,20,21). The highest BCUT2D eigenvalue weighted by Gasteiger charge is 2.10. The maximum absolute atomic E-state index is 11.8. The summed E-state index contributed by atoms with van der Waals surface area (Å²) in [5.74, 6) is 0.753. The lowest BCUT2D eigenvalue weighted by molar-refractivity contribution is -0.116. The van der Waals surface area contributed by atoms with E-state index in [9.17, 15) is 4.79 Å². The number of nitrogens with one attached hydrogen (secondary N) is 1. The first kappa shape index (κ1) is 18.5. The zero-order valence-electron chi connectivity index (χ0n) is 14.2. The Balaban J connectivity index is 2.77. The molecule has 1 rings (SSSR count). The Morgan fingerprint density at radius 3 is 2.68 bits per heavy atom. The van der Waals surface area contributed by atoms with Crippen molar-refractivity contribution in [3.63, 3.8) is 0 Å². The fourth-order valence-electron chi connectivity index (χ4n) is 2.38. The van der Waals surface area contributed by atoms with Crippen LogP contribution in [0.15, 0.2) is 18.2 Å². The number of nitrogens with two attached hydrogens (primary N) is 1. The number of rotatable bonds is 10. The predicted molar refractivity (Wildman–Crippen MR) is 92.4 cm³/mol. The van der Waals surface area contributed by atoms with Gasteiger partial charge in [0.2, 0.25) is 5.91 Å². The summed E-state index contributed by atoms with van der Waals surface area (Å²) in [6, 6.07) is 6.11. The van der Waals surface area contributed by atoms with Gasteiger partial charge in [-0.15, -0.1) is 0 Å². The maximum Gasteiger partial charge on any atom is 0.224 e. The Morgan fingerprint density at radius 1 is 1.27 bits per heavy atom. The molecule has 4 heteroatoms. The van der Waals surface area contributed by atoms with Crippen molar-refractivity contribution in [2.24, 2.45) is 5.73 Å². The van der Waals surface area contributed by atoms with Gasteiger partial charge in [0, 0.05) is 12.5 Å². The van der Waals surface area contributed by atoms with E-state index in [1.54, 1.807) is 0 Å². The number of hydrogen-bond donors (Lipinski definition) is 2. The molecule has 0 aliphatic rings. The molecule has 1 amide bonds. The molecule has 0 spiro atoms. The molecule has 0 radical (unpaired) electrons. The van der Waals surface area contributed by atoms with Crippen molar-refractivity contribution in [2.45, 2.75) is 65.3 Å². The topological polar surface area (TPSA) is 64.3 Å². The Kier molecular flexibility index (Phi) is 8.60. The first-order valence-corrected chi connectivity index (χ1v) is 8.41. The van der Waals surface area contributed by atoms with E-state index in [-0.39, 0.29) is 11.9 Å². The lowest BCUT2D eigenvalue weighted by Crippen LogP contribution is -2.22. The van der Waals surface area contributed by atoms with Gasteiger partial charge in [-0.2, -0.15) is 0 Å². The van der Waals surface area contributed by atoms with Gasteiger partial charge in [0.1, 0.15) is 5.75 Å². The van der Waals surface area contributed by atoms with Crippen molar-refractivity contribution in [3.05, 3.63) is 23.8 Å². The van der Waals surface area contributed by atoms with E-state index in [0.29, 0.717) is 13.0 Å². The molecule has 124 valence electrons. The molecule has 0 aliphatic heterocycles. The smallest absolute Gasteiger partial charge is 0.224 e. The number of carbonyl (C=O) groups excluding carboxylic acids is 1. The summed E-state index contributed by atoms with van der Waals surface area (Å²) in [5, 5.41) is 2.92. The molecule has 0 bridgehead atoms. The second kappa shape index (κ2) is 10.2. The average Bonchev–Trinajstić information content (AvgIpc) is 2.48. The van der Waals surface area contributed by atoms with Crippen LogP contribution in [-0.2, 0) is 11.2 Å². The largest absolute Gasteiger partial charge is 0.492 e. The molecule has 1 aromatic carbocycles. The van der Waals surface area contributed by atoms with Crippen LogP contribution < -0.4 is 15.8 Å². The molecule has 0 aromatic heterocycles. The second-order valence-corrected chi connectivity index (χ2v) is 5.67. The summed E-state index contributed by atoms with van der Waals surface area (Å²) in [6.45, 7) is 6.68. The number of hydrogen-bond acceptors (Lipinski definition) is 3. The quantitative estimate of drug-likeness (QED) is 0.689. The van der Waals surface area contributed by atoms with Crippen LogP contribution >= 0.6 is 0 Å². The highest BCUT2D eigenvalue weighted by atomic mass is 16.5. The van der Waals surface area contributed by atoms with E-state index in [1.165, 1.54) is 6.42 Å². The fourth-order valence-corrected chi connectivity index (χ4v) is 2.38.